The van der Waals surface area contributed by atoms with Crippen LogP contribution >= 0.6 is 15.9 Å². The van der Waals surface area contributed by atoms with Crippen molar-refractivity contribution in [2.45, 2.75) is 39.5 Å². The molecule has 0 saturated carbocycles. The molecular weight excluding hydrogens is 274 g/mol. The van der Waals surface area contributed by atoms with E-state index in [1.807, 2.05) is 26.8 Å². The second kappa shape index (κ2) is 3.80. The first-order valence-electron chi connectivity index (χ1n) is 5.10. The Hall–Kier alpha value is -0.970. The van der Waals surface area contributed by atoms with Gasteiger partial charge in [0.2, 0.25) is 0 Å². The Morgan fingerprint density at radius 1 is 1.50 bits per heavy atom. The molecule has 0 saturated heterocycles. The molecule has 88 valence electrons. The Morgan fingerprint density at radius 2 is 2.19 bits per heavy atom. The molecule has 1 aliphatic rings. The quantitative estimate of drug-likeness (QED) is 0.735. The molecule has 5 heteroatoms. The lowest BCUT2D eigenvalue weighted by Crippen LogP contribution is -2.33. The van der Waals surface area contributed by atoms with E-state index < -0.39 is 5.60 Å². The highest BCUT2D eigenvalue weighted by atomic mass is 79.9. The highest BCUT2D eigenvalue weighted by Gasteiger charge is 2.30. The van der Waals surface area contributed by atoms with Gasteiger partial charge in [-0.05, 0) is 42.8 Å². The maximum absolute atomic E-state index is 11.8. The van der Waals surface area contributed by atoms with Gasteiger partial charge in [-0.15, -0.1) is 0 Å². The smallest absolute Gasteiger partial charge is 0.411 e. The van der Waals surface area contributed by atoms with E-state index in [9.17, 15) is 4.79 Å². The third-order valence-corrected chi connectivity index (χ3v) is 2.60. The van der Waals surface area contributed by atoms with E-state index in [2.05, 4.69) is 15.9 Å². The van der Waals surface area contributed by atoms with E-state index in [0.29, 0.717) is 17.8 Å². The number of halogens is 1. The minimum atomic E-state index is -0.457. The first-order chi connectivity index (χ1) is 7.35. The molecule has 0 unspecified atom stereocenters. The number of nitrogens with zero attached hydrogens (tertiary/aromatic N) is 1. The molecule has 16 heavy (non-hydrogen) atoms. The number of carbonyl (C=O) groups excluding carboxylic acids is 1. The lowest BCUT2D eigenvalue weighted by molar-refractivity contribution is 0.0233. The van der Waals surface area contributed by atoms with Crippen molar-refractivity contribution < 1.29 is 13.9 Å². The average Bonchev–Trinajstić information content (AvgIpc) is 2.56. The van der Waals surface area contributed by atoms with Gasteiger partial charge in [0.25, 0.3) is 0 Å². The van der Waals surface area contributed by atoms with Crippen molar-refractivity contribution in [1.29, 1.82) is 0 Å². The molecule has 0 atom stereocenters. The van der Waals surface area contributed by atoms with Gasteiger partial charge >= 0.3 is 6.09 Å². The summed E-state index contributed by atoms with van der Waals surface area (Å²) in [5.41, 5.74) is 0.583. The summed E-state index contributed by atoms with van der Waals surface area (Å²) in [5.74, 6) is 0.831. The molecule has 0 aromatic carbocycles. The second-order valence-electron chi connectivity index (χ2n) is 4.84. The highest BCUT2D eigenvalue weighted by Crippen LogP contribution is 2.29. The second-order valence-corrected chi connectivity index (χ2v) is 5.62. The predicted octanol–water partition coefficient (Wildman–Crippen LogP) is 3.29. The summed E-state index contributed by atoms with van der Waals surface area (Å²) < 4.78 is 11.4. The van der Waals surface area contributed by atoms with Gasteiger partial charge in [-0.2, -0.15) is 0 Å². The molecule has 1 aromatic heterocycles. The van der Waals surface area contributed by atoms with Crippen LogP contribution in [0.4, 0.5) is 4.79 Å². The maximum Gasteiger partial charge on any atom is 0.411 e. The van der Waals surface area contributed by atoms with Crippen molar-refractivity contribution >= 4 is 22.0 Å². The van der Waals surface area contributed by atoms with Crippen molar-refractivity contribution in [2.24, 2.45) is 0 Å². The third kappa shape index (κ3) is 2.40. The fraction of sp³-hybridized carbons (Fsp3) is 0.545. The third-order valence-electron chi connectivity index (χ3n) is 2.21. The summed E-state index contributed by atoms with van der Waals surface area (Å²) in [7, 11) is 0. The standard InChI is InChI=1S/C11H14BrNO3/c1-11(2,3)16-10(14)13-5-7-4-9(12)15-8(7)6-13/h4H,5-6H2,1-3H3. The Balaban J connectivity index is 2.01. The molecule has 1 amide bonds. The Labute approximate surface area is 103 Å². The highest BCUT2D eigenvalue weighted by molar-refractivity contribution is 9.10. The molecule has 2 rings (SSSR count). The van der Waals surface area contributed by atoms with E-state index in [-0.39, 0.29) is 6.09 Å². The number of hydrogen-bond donors (Lipinski definition) is 0. The van der Waals surface area contributed by atoms with Crippen molar-refractivity contribution in [1.82, 2.24) is 4.90 Å². The lowest BCUT2D eigenvalue weighted by atomic mass is 10.2. The molecular formula is C11H14BrNO3. The van der Waals surface area contributed by atoms with Crippen molar-refractivity contribution in [3.8, 4) is 0 Å². The molecule has 0 bridgehead atoms. The summed E-state index contributed by atoms with van der Waals surface area (Å²) in [6.07, 6.45) is -0.296. The Kier molecular flexibility index (Phi) is 2.74. The number of hydrogen-bond acceptors (Lipinski definition) is 3. The summed E-state index contributed by atoms with van der Waals surface area (Å²) in [6.45, 7) is 6.61. The van der Waals surface area contributed by atoms with E-state index in [0.717, 1.165) is 11.3 Å². The molecule has 0 N–H and O–H groups in total. The molecule has 0 spiro atoms. The predicted molar refractivity (Wildman–Crippen MR) is 61.9 cm³/mol. The van der Waals surface area contributed by atoms with Crippen LogP contribution in [0.25, 0.3) is 0 Å². The van der Waals surface area contributed by atoms with Crippen LogP contribution in [-0.2, 0) is 17.8 Å². The van der Waals surface area contributed by atoms with Crippen LogP contribution in [0.2, 0.25) is 0 Å². The monoisotopic (exact) mass is 287 g/mol. The van der Waals surface area contributed by atoms with Crippen LogP contribution < -0.4 is 0 Å². The zero-order valence-electron chi connectivity index (χ0n) is 9.54. The van der Waals surface area contributed by atoms with Crippen LogP contribution in [0.1, 0.15) is 32.1 Å². The molecule has 4 nitrogen and oxygen atoms in total. The SMILES string of the molecule is CC(C)(C)OC(=O)N1Cc2cc(Br)oc2C1. The Morgan fingerprint density at radius 3 is 2.75 bits per heavy atom. The number of amides is 1. The van der Waals surface area contributed by atoms with Gasteiger partial charge in [0.1, 0.15) is 11.4 Å². The molecule has 0 radical (unpaired) electrons. The number of fused-ring (bicyclic) bond motifs is 1. The largest absolute Gasteiger partial charge is 0.452 e. The minimum Gasteiger partial charge on any atom is -0.452 e. The van der Waals surface area contributed by atoms with E-state index in [1.54, 1.807) is 4.90 Å². The van der Waals surface area contributed by atoms with Crippen LogP contribution in [0, 0.1) is 0 Å². The molecule has 0 aliphatic carbocycles. The lowest BCUT2D eigenvalue weighted by Gasteiger charge is -2.23. The maximum atomic E-state index is 11.8. The molecule has 1 aliphatic heterocycles. The Bertz CT molecular complexity index is 396. The first kappa shape index (κ1) is 11.5. The van der Waals surface area contributed by atoms with Crippen LogP contribution in [0.3, 0.4) is 0 Å². The van der Waals surface area contributed by atoms with Gasteiger partial charge < -0.3 is 9.15 Å². The normalized spacial score (nSPS) is 15.1. The molecule has 1 aromatic rings. The first-order valence-corrected chi connectivity index (χ1v) is 5.89. The molecule has 2 heterocycles. The zero-order chi connectivity index (χ0) is 11.9. The van der Waals surface area contributed by atoms with Crippen LogP contribution in [0.15, 0.2) is 15.2 Å². The topological polar surface area (TPSA) is 42.7 Å². The van der Waals surface area contributed by atoms with Gasteiger partial charge in [0, 0.05) is 5.56 Å². The van der Waals surface area contributed by atoms with Crippen LogP contribution in [0.5, 0.6) is 0 Å². The van der Waals surface area contributed by atoms with Crippen LogP contribution in [-0.4, -0.2) is 16.6 Å². The van der Waals surface area contributed by atoms with Crippen molar-refractivity contribution in [3.05, 3.63) is 22.1 Å². The van der Waals surface area contributed by atoms with E-state index >= 15 is 0 Å². The van der Waals surface area contributed by atoms with Gasteiger partial charge in [-0.1, -0.05) is 0 Å². The van der Waals surface area contributed by atoms with Gasteiger partial charge in [0.15, 0.2) is 4.67 Å². The molecule has 0 fully saturated rings. The number of furan rings is 1. The number of carbonyl (C=O) groups is 1. The fourth-order valence-corrected chi connectivity index (χ4v) is 2.06. The average molecular weight is 288 g/mol. The van der Waals surface area contributed by atoms with Gasteiger partial charge in [-0.3, -0.25) is 4.90 Å². The van der Waals surface area contributed by atoms with E-state index in [1.165, 1.54) is 0 Å². The summed E-state index contributed by atoms with van der Waals surface area (Å²) in [6, 6.07) is 1.89. The number of ether oxygens (including phenoxy) is 1. The summed E-state index contributed by atoms with van der Waals surface area (Å²) in [5, 5.41) is 0. The summed E-state index contributed by atoms with van der Waals surface area (Å²) >= 11 is 3.26. The zero-order valence-corrected chi connectivity index (χ0v) is 11.1. The van der Waals surface area contributed by atoms with Gasteiger partial charge in [0.05, 0.1) is 13.1 Å². The minimum absolute atomic E-state index is 0.296. The number of rotatable bonds is 0. The van der Waals surface area contributed by atoms with E-state index in [4.69, 9.17) is 9.15 Å². The van der Waals surface area contributed by atoms with Crippen molar-refractivity contribution in [2.75, 3.05) is 0 Å². The summed E-state index contributed by atoms with van der Waals surface area (Å²) in [4.78, 5) is 13.4. The van der Waals surface area contributed by atoms with Gasteiger partial charge in [-0.25, -0.2) is 4.79 Å². The van der Waals surface area contributed by atoms with Crippen molar-refractivity contribution in [3.63, 3.8) is 0 Å². The fourth-order valence-electron chi connectivity index (χ4n) is 1.59.